The number of ether oxygens (including phenoxy) is 1. The Morgan fingerprint density at radius 1 is 1.19 bits per heavy atom. The fraction of sp³-hybridized carbons (Fsp3) is 0.250. The minimum atomic E-state index is -0.356. The molecule has 0 aliphatic heterocycles. The molecule has 0 amide bonds. The molecule has 0 bridgehead atoms. The molecule has 0 fully saturated rings. The van der Waals surface area contributed by atoms with Crippen LogP contribution in [0, 0.1) is 5.82 Å². The first-order valence-corrected chi connectivity index (χ1v) is 7.88. The molecular weight excluding hydrogens is 357 g/mol. The van der Waals surface area contributed by atoms with Crippen LogP contribution in [0.5, 0.6) is 11.5 Å². The lowest BCUT2D eigenvalue weighted by atomic mass is 10.2. The second-order valence-corrected chi connectivity index (χ2v) is 5.96. The predicted molar refractivity (Wildman–Crippen MR) is 87.6 cm³/mol. The van der Waals surface area contributed by atoms with Gasteiger partial charge < -0.3 is 10.1 Å². The molecule has 0 saturated carbocycles. The van der Waals surface area contributed by atoms with Crippen molar-refractivity contribution in [2.45, 2.75) is 19.9 Å². The van der Waals surface area contributed by atoms with Crippen LogP contribution >= 0.6 is 27.5 Å². The molecule has 2 aromatic carbocycles. The fourth-order valence-corrected chi connectivity index (χ4v) is 2.54. The second kappa shape index (κ2) is 7.78. The Morgan fingerprint density at radius 2 is 2.00 bits per heavy atom. The van der Waals surface area contributed by atoms with Crippen molar-refractivity contribution in [3.63, 3.8) is 0 Å². The molecule has 2 aromatic rings. The summed E-state index contributed by atoms with van der Waals surface area (Å²) in [5, 5.41) is 3.93. The Kier molecular flexibility index (Phi) is 6.03. The first kappa shape index (κ1) is 16.3. The molecule has 0 atom stereocenters. The second-order valence-electron chi connectivity index (χ2n) is 4.64. The summed E-state index contributed by atoms with van der Waals surface area (Å²) in [5.74, 6) is 0.650. The molecule has 5 heteroatoms. The Hall–Kier alpha value is -1.10. The lowest BCUT2D eigenvalue weighted by Crippen LogP contribution is -2.13. The van der Waals surface area contributed by atoms with Crippen LogP contribution in [0.1, 0.15) is 18.9 Å². The van der Waals surface area contributed by atoms with E-state index in [0.29, 0.717) is 21.0 Å². The molecule has 0 radical (unpaired) electrons. The van der Waals surface area contributed by atoms with E-state index in [2.05, 4.69) is 28.2 Å². The van der Waals surface area contributed by atoms with E-state index in [4.69, 9.17) is 16.3 Å². The van der Waals surface area contributed by atoms with Crippen molar-refractivity contribution in [1.82, 2.24) is 5.32 Å². The van der Waals surface area contributed by atoms with Crippen molar-refractivity contribution in [2.24, 2.45) is 0 Å². The first-order chi connectivity index (χ1) is 10.1. The summed E-state index contributed by atoms with van der Waals surface area (Å²) in [5.41, 5.74) is 1.01. The monoisotopic (exact) mass is 371 g/mol. The van der Waals surface area contributed by atoms with E-state index in [1.165, 1.54) is 12.1 Å². The standard InChI is InChI=1S/C16H16BrClFNO/c1-2-5-20-10-11-3-4-14(9-16(11)18)21-15-7-12(17)6-13(19)8-15/h3-4,6-9,20H,2,5,10H2,1H3. The molecule has 112 valence electrons. The van der Waals surface area contributed by atoms with E-state index in [-0.39, 0.29) is 5.82 Å². The van der Waals surface area contributed by atoms with Gasteiger partial charge >= 0.3 is 0 Å². The third kappa shape index (κ3) is 4.99. The summed E-state index contributed by atoms with van der Waals surface area (Å²) >= 11 is 9.47. The van der Waals surface area contributed by atoms with Crippen molar-refractivity contribution in [3.8, 4) is 11.5 Å². The Labute approximate surface area is 137 Å². The number of rotatable bonds is 6. The van der Waals surface area contributed by atoms with Gasteiger partial charge in [0.2, 0.25) is 0 Å². The molecule has 0 spiro atoms. The molecule has 0 heterocycles. The maximum atomic E-state index is 13.3. The molecule has 0 aliphatic rings. The van der Waals surface area contributed by atoms with Crippen molar-refractivity contribution in [1.29, 1.82) is 0 Å². The van der Waals surface area contributed by atoms with Gasteiger partial charge in [0.15, 0.2) is 0 Å². The van der Waals surface area contributed by atoms with Gasteiger partial charge in [-0.25, -0.2) is 4.39 Å². The average Bonchev–Trinajstić information content (AvgIpc) is 2.40. The molecule has 1 N–H and O–H groups in total. The van der Waals surface area contributed by atoms with Gasteiger partial charge in [-0.2, -0.15) is 0 Å². The number of hydrogen-bond donors (Lipinski definition) is 1. The average molecular weight is 373 g/mol. The highest BCUT2D eigenvalue weighted by atomic mass is 79.9. The maximum Gasteiger partial charge on any atom is 0.131 e. The van der Waals surface area contributed by atoms with Gasteiger partial charge in [0.1, 0.15) is 17.3 Å². The lowest BCUT2D eigenvalue weighted by Gasteiger charge is -2.10. The number of hydrogen-bond acceptors (Lipinski definition) is 2. The summed E-state index contributed by atoms with van der Waals surface area (Å²) in [7, 11) is 0. The molecular formula is C16H16BrClFNO. The zero-order valence-corrected chi connectivity index (χ0v) is 14.0. The van der Waals surface area contributed by atoms with Crippen LogP contribution in [0.15, 0.2) is 40.9 Å². The van der Waals surface area contributed by atoms with Crippen LogP contribution in [0.3, 0.4) is 0 Å². The van der Waals surface area contributed by atoms with E-state index >= 15 is 0 Å². The summed E-state index contributed by atoms with van der Waals surface area (Å²) in [6, 6.07) is 9.89. The highest BCUT2D eigenvalue weighted by molar-refractivity contribution is 9.10. The smallest absolute Gasteiger partial charge is 0.131 e. The van der Waals surface area contributed by atoms with Crippen LogP contribution in [0.2, 0.25) is 5.02 Å². The summed E-state index contributed by atoms with van der Waals surface area (Å²) in [6.07, 6.45) is 1.08. The number of benzene rings is 2. The van der Waals surface area contributed by atoms with Crippen LogP contribution in [-0.4, -0.2) is 6.54 Å². The summed E-state index contributed by atoms with van der Waals surface area (Å²) < 4.78 is 19.6. The van der Waals surface area contributed by atoms with Gasteiger partial charge in [-0.05, 0) is 42.8 Å². The van der Waals surface area contributed by atoms with Gasteiger partial charge in [0, 0.05) is 22.1 Å². The highest BCUT2D eigenvalue weighted by Crippen LogP contribution is 2.29. The minimum Gasteiger partial charge on any atom is -0.457 e. The fourth-order valence-electron chi connectivity index (χ4n) is 1.86. The van der Waals surface area contributed by atoms with Crippen molar-refractivity contribution < 1.29 is 9.13 Å². The van der Waals surface area contributed by atoms with Crippen molar-refractivity contribution in [3.05, 3.63) is 57.3 Å². The quantitative estimate of drug-likeness (QED) is 0.673. The predicted octanol–water partition coefficient (Wildman–Crippen LogP) is 5.53. The zero-order valence-electron chi connectivity index (χ0n) is 11.6. The van der Waals surface area contributed by atoms with Gasteiger partial charge in [-0.1, -0.05) is 40.5 Å². The van der Waals surface area contributed by atoms with Gasteiger partial charge in [-0.3, -0.25) is 0 Å². The highest BCUT2D eigenvalue weighted by Gasteiger charge is 2.05. The molecule has 2 nitrogen and oxygen atoms in total. The number of halogens is 3. The Bertz CT molecular complexity index is 601. The first-order valence-electron chi connectivity index (χ1n) is 6.71. The third-order valence-corrected chi connectivity index (χ3v) is 3.65. The topological polar surface area (TPSA) is 21.3 Å². The summed E-state index contributed by atoms with van der Waals surface area (Å²) in [6.45, 7) is 3.78. The molecule has 0 aliphatic carbocycles. The van der Waals surface area contributed by atoms with E-state index in [1.54, 1.807) is 12.1 Å². The van der Waals surface area contributed by atoms with Crippen LogP contribution in [0.25, 0.3) is 0 Å². The van der Waals surface area contributed by atoms with Crippen molar-refractivity contribution in [2.75, 3.05) is 6.54 Å². The zero-order chi connectivity index (χ0) is 15.2. The lowest BCUT2D eigenvalue weighted by molar-refractivity contribution is 0.476. The molecule has 0 saturated heterocycles. The Balaban J connectivity index is 2.09. The SMILES string of the molecule is CCCNCc1ccc(Oc2cc(F)cc(Br)c2)cc1Cl. The van der Waals surface area contributed by atoms with Gasteiger partial charge in [0.25, 0.3) is 0 Å². The van der Waals surface area contributed by atoms with Crippen LogP contribution in [-0.2, 0) is 6.54 Å². The summed E-state index contributed by atoms with van der Waals surface area (Å²) in [4.78, 5) is 0. The molecule has 2 rings (SSSR count). The van der Waals surface area contributed by atoms with E-state index in [9.17, 15) is 4.39 Å². The van der Waals surface area contributed by atoms with E-state index in [0.717, 1.165) is 25.1 Å². The van der Waals surface area contributed by atoms with Crippen molar-refractivity contribution >= 4 is 27.5 Å². The minimum absolute atomic E-state index is 0.356. The van der Waals surface area contributed by atoms with Crippen LogP contribution < -0.4 is 10.1 Å². The third-order valence-electron chi connectivity index (χ3n) is 2.84. The van der Waals surface area contributed by atoms with Gasteiger partial charge in [-0.15, -0.1) is 0 Å². The Morgan fingerprint density at radius 3 is 2.67 bits per heavy atom. The molecule has 0 aromatic heterocycles. The van der Waals surface area contributed by atoms with Crippen LogP contribution in [0.4, 0.5) is 4.39 Å². The molecule has 21 heavy (non-hydrogen) atoms. The molecule has 0 unspecified atom stereocenters. The van der Waals surface area contributed by atoms with E-state index in [1.807, 2.05) is 12.1 Å². The largest absolute Gasteiger partial charge is 0.457 e. The maximum absolute atomic E-state index is 13.3. The van der Waals surface area contributed by atoms with E-state index < -0.39 is 0 Å². The number of nitrogens with one attached hydrogen (secondary N) is 1. The normalized spacial score (nSPS) is 10.7. The van der Waals surface area contributed by atoms with Gasteiger partial charge in [0.05, 0.1) is 0 Å².